The van der Waals surface area contributed by atoms with Gasteiger partial charge in [0.1, 0.15) is 0 Å². The van der Waals surface area contributed by atoms with Crippen LogP contribution >= 0.6 is 23.2 Å². The Labute approximate surface area is 220 Å². The van der Waals surface area contributed by atoms with E-state index in [9.17, 15) is 35.9 Å². The molecule has 4 nitrogen and oxygen atoms in total. The zero-order chi connectivity index (χ0) is 28.0. The summed E-state index contributed by atoms with van der Waals surface area (Å²) in [5, 5.41) is 2.28. The number of esters is 1. The highest BCUT2D eigenvalue weighted by Gasteiger charge is 2.45. The third-order valence-electron chi connectivity index (χ3n) is 5.71. The van der Waals surface area contributed by atoms with Gasteiger partial charge in [-0.25, -0.2) is 0 Å². The molecule has 0 aliphatic carbocycles. The standard InChI is InChI=1S/C25H25Cl2F6NO3/c1-3-4-11-37-21(35)13-18(25(31,32)33)16-7-10-19(27)20(12-16)34-23(36)22(14(2)24(28,29)30)15-5-8-17(26)9-6-15/h5-10,12,14,18,22H,3-4,11,13H2,1-2H3,(H,34,36)/t14-,18-,22+/m1/s1. The van der Waals surface area contributed by atoms with Gasteiger partial charge in [0.25, 0.3) is 0 Å². The van der Waals surface area contributed by atoms with Crippen LogP contribution in [0, 0.1) is 5.92 Å². The SMILES string of the molecule is CCCCOC(=O)C[C@H](c1ccc(Cl)c(NC(=O)[C@H](c2ccc(Cl)cc2)[C@@H](C)C(F)(F)F)c1)C(F)(F)F. The molecule has 0 heterocycles. The number of alkyl halides is 6. The van der Waals surface area contributed by atoms with E-state index in [-0.39, 0.29) is 27.9 Å². The van der Waals surface area contributed by atoms with Gasteiger partial charge in [0.05, 0.1) is 41.5 Å². The predicted octanol–water partition coefficient (Wildman–Crippen LogP) is 8.29. The molecule has 2 rings (SSSR count). The van der Waals surface area contributed by atoms with Gasteiger partial charge in [-0.3, -0.25) is 9.59 Å². The number of unbranched alkanes of at least 4 members (excludes halogenated alkanes) is 1. The number of hydrogen-bond acceptors (Lipinski definition) is 3. The van der Waals surface area contributed by atoms with E-state index in [1.807, 2.05) is 6.92 Å². The fraction of sp³-hybridized carbons (Fsp3) is 0.440. The van der Waals surface area contributed by atoms with Crippen LogP contribution in [-0.4, -0.2) is 30.8 Å². The second-order valence-corrected chi connectivity index (χ2v) is 9.30. The van der Waals surface area contributed by atoms with Crippen LogP contribution in [0.2, 0.25) is 10.0 Å². The number of nitrogens with one attached hydrogen (secondary N) is 1. The van der Waals surface area contributed by atoms with E-state index in [0.29, 0.717) is 12.8 Å². The second kappa shape index (κ2) is 12.9. The minimum absolute atomic E-state index is 0.00185. The van der Waals surface area contributed by atoms with Gasteiger partial charge in [0.15, 0.2) is 0 Å². The van der Waals surface area contributed by atoms with Crippen molar-refractivity contribution in [3.05, 3.63) is 63.6 Å². The van der Waals surface area contributed by atoms with Crippen molar-refractivity contribution in [1.82, 2.24) is 0 Å². The Morgan fingerprint density at radius 3 is 2.08 bits per heavy atom. The first-order valence-corrected chi connectivity index (χ1v) is 12.1. The topological polar surface area (TPSA) is 55.4 Å². The molecule has 1 N–H and O–H groups in total. The summed E-state index contributed by atoms with van der Waals surface area (Å²) in [6.45, 7) is 2.62. The molecule has 12 heteroatoms. The Balaban J connectivity index is 2.38. The molecule has 0 bridgehead atoms. The first-order valence-electron chi connectivity index (χ1n) is 11.3. The molecule has 0 aliphatic heterocycles. The van der Waals surface area contributed by atoms with E-state index in [1.54, 1.807) is 0 Å². The van der Waals surface area contributed by atoms with Crippen LogP contribution in [0.15, 0.2) is 42.5 Å². The molecule has 2 aromatic rings. The molecule has 0 aromatic heterocycles. The van der Waals surface area contributed by atoms with E-state index in [4.69, 9.17) is 27.9 Å². The van der Waals surface area contributed by atoms with Crippen molar-refractivity contribution in [2.24, 2.45) is 5.92 Å². The fourth-order valence-corrected chi connectivity index (χ4v) is 3.86. The van der Waals surface area contributed by atoms with Crippen molar-refractivity contribution in [1.29, 1.82) is 0 Å². The van der Waals surface area contributed by atoms with Crippen LogP contribution in [0.5, 0.6) is 0 Å². The minimum atomic E-state index is -4.85. The van der Waals surface area contributed by atoms with Crippen molar-refractivity contribution in [3.63, 3.8) is 0 Å². The molecule has 0 fully saturated rings. The Hall–Kier alpha value is -2.46. The van der Waals surface area contributed by atoms with Crippen LogP contribution in [-0.2, 0) is 14.3 Å². The smallest absolute Gasteiger partial charge is 0.396 e. The lowest BCUT2D eigenvalue weighted by Crippen LogP contribution is -2.34. The molecular weight excluding hydrogens is 547 g/mol. The van der Waals surface area contributed by atoms with Gasteiger partial charge in [-0.1, -0.05) is 61.7 Å². The summed E-state index contributed by atoms with van der Waals surface area (Å²) in [5.74, 6) is -8.36. The number of carbonyl (C=O) groups excluding carboxylic acids is 2. The van der Waals surface area contributed by atoms with E-state index >= 15 is 0 Å². The number of benzene rings is 2. The molecule has 37 heavy (non-hydrogen) atoms. The monoisotopic (exact) mass is 571 g/mol. The van der Waals surface area contributed by atoms with Crippen molar-refractivity contribution in [3.8, 4) is 0 Å². The van der Waals surface area contributed by atoms with E-state index in [0.717, 1.165) is 25.1 Å². The predicted molar refractivity (Wildman–Crippen MR) is 129 cm³/mol. The number of rotatable bonds is 10. The Bertz CT molecular complexity index is 1070. The molecule has 0 spiro atoms. The first-order chi connectivity index (χ1) is 17.1. The second-order valence-electron chi connectivity index (χ2n) is 8.46. The molecule has 0 radical (unpaired) electrons. The Morgan fingerprint density at radius 2 is 1.54 bits per heavy atom. The van der Waals surface area contributed by atoms with E-state index < -0.39 is 54.0 Å². The highest BCUT2D eigenvalue weighted by atomic mass is 35.5. The highest BCUT2D eigenvalue weighted by Crippen LogP contribution is 2.41. The average Bonchev–Trinajstić information content (AvgIpc) is 2.79. The Morgan fingerprint density at radius 1 is 0.946 bits per heavy atom. The third kappa shape index (κ3) is 8.81. The zero-order valence-corrected chi connectivity index (χ0v) is 21.4. The molecule has 204 valence electrons. The zero-order valence-electron chi connectivity index (χ0n) is 19.9. The van der Waals surface area contributed by atoms with Crippen molar-refractivity contribution in [2.75, 3.05) is 11.9 Å². The van der Waals surface area contributed by atoms with Gasteiger partial charge in [-0.05, 0) is 41.8 Å². The molecule has 0 unspecified atom stereocenters. The lowest BCUT2D eigenvalue weighted by atomic mass is 9.85. The molecule has 0 saturated heterocycles. The van der Waals surface area contributed by atoms with Gasteiger partial charge in [0.2, 0.25) is 5.91 Å². The molecular formula is C25H25Cl2F6NO3. The summed E-state index contributed by atoms with van der Waals surface area (Å²) in [6, 6.07) is 8.16. The summed E-state index contributed by atoms with van der Waals surface area (Å²) in [4.78, 5) is 25.0. The number of carbonyl (C=O) groups is 2. The maximum Gasteiger partial charge on any atom is 0.396 e. The van der Waals surface area contributed by atoms with Crippen LogP contribution < -0.4 is 5.32 Å². The van der Waals surface area contributed by atoms with Crippen LogP contribution in [0.4, 0.5) is 32.0 Å². The number of anilines is 1. The average molecular weight is 572 g/mol. The number of hydrogen-bond donors (Lipinski definition) is 1. The number of halogens is 8. The lowest BCUT2D eigenvalue weighted by molar-refractivity contribution is -0.178. The number of amides is 1. The quantitative estimate of drug-likeness (QED) is 0.177. The van der Waals surface area contributed by atoms with Crippen molar-refractivity contribution < 1.29 is 40.7 Å². The molecule has 2 aromatic carbocycles. The van der Waals surface area contributed by atoms with E-state index in [1.165, 1.54) is 24.3 Å². The Kier molecular flexibility index (Phi) is 10.7. The van der Waals surface area contributed by atoms with Gasteiger partial charge in [-0.15, -0.1) is 0 Å². The largest absolute Gasteiger partial charge is 0.466 e. The summed E-state index contributed by atoms with van der Waals surface area (Å²) >= 11 is 11.9. The maximum absolute atomic E-state index is 13.8. The summed E-state index contributed by atoms with van der Waals surface area (Å²) in [6.07, 6.45) is -9.45. The summed E-state index contributed by atoms with van der Waals surface area (Å²) in [7, 11) is 0. The number of ether oxygens (including phenoxy) is 1. The van der Waals surface area contributed by atoms with Crippen LogP contribution in [0.1, 0.15) is 56.1 Å². The fourth-order valence-electron chi connectivity index (χ4n) is 3.57. The van der Waals surface area contributed by atoms with Gasteiger partial charge in [-0.2, -0.15) is 26.3 Å². The van der Waals surface area contributed by atoms with Gasteiger partial charge in [0, 0.05) is 5.02 Å². The van der Waals surface area contributed by atoms with Crippen LogP contribution in [0.3, 0.4) is 0 Å². The normalized spacial score (nSPS) is 14.5. The molecule has 0 saturated carbocycles. The molecule has 1 amide bonds. The maximum atomic E-state index is 13.8. The summed E-state index contributed by atoms with van der Waals surface area (Å²) in [5.41, 5.74) is -0.736. The highest BCUT2D eigenvalue weighted by molar-refractivity contribution is 6.33. The van der Waals surface area contributed by atoms with Gasteiger partial charge >= 0.3 is 18.3 Å². The van der Waals surface area contributed by atoms with Crippen molar-refractivity contribution >= 4 is 40.8 Å². The molecule has 0 aliphatic rings. The van der Waals surface area contributed by atoms with E-state index in [2.05, 4.69) is 5.32 Å². The third-order valence-corrected chi connectivity index (χ3v) is 6.29. The first kappa shape index (κ1) is 30.8. The van der Waals surface area contributed by atoms with Crippen molar-refractivity contribution in [2.45, 2.75) is 57.3 Å². The summed E-state index contributed by atoms with van der Waals surface area (Å²) < 4.78 is 87.0. The van der Waals surface area contributed by atoms with Gasteiger partial charge < -0.3 is 10.1 Å². The van der Waals surface area contributed by atoms with Crippen LogP contribution in [0.25, 0.3) is 0 Å². The minimum Gasteiger partial charge on any atom is -0.466 e. The lowest BCUT2D eigenvalue weighted by Gasteiger charge is -2.26. The molecule has 3 atom stereocenters.